The number of hydrogen-bond donors (Lipinski definition) is 1. The van der Waals surface area contributed by atoms with Crippen molar-refractivity contribution in [3.8, 4) is 5.75 Å². The Balaban J connectivity index is 2.07. The summed E-state index contributed by atoms with van der Waals surface area (Å²) in [4.78, 5) is 23.2. The second-order valence-electron chi connectivity index (χ2n) is 5.12. The van der Waals surface area contributed by atoms with Gasteiger partial charge in [-0.3, -0.25) is 9.59 Å². The SMILES string of the molecule is C[C@@H](C(=O)O)c1ccc2c(c1)[C@@H](c1ccccc1)C(=O)O2. The molecule has 0 amide bonds. The number of hydrogen-bond acceptors (Lipinski definition) is 3. The Kier molecular flexibility index (Phi) is 3.22. The fraction of sp³-hybridized carbons (Fsp3) is 0.176. The van der Waals surface area contributed by atoms with E-state index in [0.717, 1.165) is 11.1 Å². The van der Waals surface area contributed by atoms with Gasteiger partial charge >= 0.3 is 11.9 Å². The van der Waals surface area contributed by atoms with E-state index in [1.807, 2.05) is 30.3 Å². The van der Waals surface area contributed by atoms with E-state index in [-0.39, 0.29) is 5.97 Å². The van der Waals surface area contributed by atoms with E-state index in [9.17, 15) is 9.59 Å². The third kappa shape index (κ3) is 2.29. The first kappa shape index (κ1) is 13.4. The Hall–Kier alpha value is -2.62. The highest BCUT2D eigenvalue weighted by atomic mass is 16.5. The molecule has 1 aliphatic rings. The summed E-state index contributed by atoms with van der Waals surface area (Å²) < 4.78 is 5.28. The van der Waals surface area contributed by atoms with Gasteiger partial charge in [0.1, 0.15) is 11.7 Å². The van der Waals surface area contributed by atoms with Crippen LogP contribution in [0, 0.1) is 0 Å². The highest BCUT2D eigenvalue weighted by Gasteiger charge is 2.35. The number of ether oxygens (including phenoxy) is 1. The maximum Gasteiger partial charge on any atom is 0.323 e. The minimum Gasteiger partial charge on any atom is -0.481 e. The average molecular weight is 282 g/mol. The number of esters is 1. The second kappa shape index (κ2) is 5.05. The van der Waals surface area contributed by atoms with Crippen molar-refractivity contribution in [1.29, 1.82) is 0 Å². The quantitative estimate of drug-likeness (QED) is 0.694. The summed E-state index contributed by atoms with van der Waals surface area (Å²) in [6.45, 7) is 1.62. The summed E-state index contributed by atoms with van der Waals surface area (Å²) in [6, 6.07) is 14.5. The molecule has 1 N–H and O–H groups in total. The number of rotatable bonds is 3. The predicted molar refractivity (Wildman–Crippen MR) is 76.4 cm³/mol. The van der Waals surface area contributed by atoms with Crippen molar-refractivity contribution in [2.45, 2.75) is 18.8 Å². The molecule has 0 aromatic heterocycles. The van der Waals surface area contributed by atoms with Gasteiger partial charge in [0.2, 0.25) is 0 Å². The van der Waals surface area contributed by atoms with Gasteiger partial charge in [-0.1, -0.05) is 42.5 Å². The minimum absolute atomic E-state index is 0.323. The van der Waals surface area contributed by atoms with Crippen molar-refractivity contribution in [3.63, 3.8) is 0 Å². The van der Waals surface area contributed by atoms with E-state index < -0.39 is 17.8 Å². The molecule has 0 bridgehead atoms. The number of carbonyl (C=O) groups excluding carboxylic acids is 1. The first-order valence-corrected chi connectivity index (χ1v) is 6.71. The van der Waals surface area contributed by atoms with Gasteiger partial charge in [-0.05, 0) is 24.1 Å². The lowest BCUT2D eigenvalue weighted by atomic mass is 9.89. The molecule has 0 saturated heterocycles. The Labute approximate surface area is 122 Å². The molecule has 0 aliphatic carbocycles. The molecule has 0 unspecified atom stereocenters. The molecule has 4 nitrogen and oxygen atoms in total. The van der Waals surface area contributed by atoms with Crippen LogP contribution in [0.15, 0.2) is 48.5 Å². The zero-order chi connectivity index (χ0) is 15.0. The van der Waals surface area contributed by atoms with E-state index >= 15 is 0 Å². The van der Waals surface area contributed by atoms with Gasteiger partial charge in [0.05, 0.1) is 5.92 Å². The van der Waals surface area contributed by atoms with Crippen molar-refractivity contribution in [2.24, 2.45) is 0 Å². The molecule has 106 valence electrons. The minimum atomic E-state index is -0.892. The summed E-state index contributed by atoms with van der Waals surface area (Å²) in [6.07, 6.45) is 0. The number of carboxylic acids is 1. The van der Waals surface area contributed by atoms with Crippen LogP contribution in [0.5, 0.6) is 5.75 Å². The average Bonchev–Trinajstić information content (AvgIpc) is 2.82. The van der Waals surface area contributed by atoms with Crippen molar-refractivity contribution in [2.75, 3.05) is 0 Å². The summed E-state index contributed by atoms with van der Waals surface area (Å²) in [7, 11) is 0. The van der Waals surface area contributed by atoms with Crippen LogP contribution in [0.1, 0.15) is 35.4 Å². The maximum atomic E-state index is 12.1. The highest BCUT2D eigenvalue weighted by Crippen LogP contribution is 2.40. The Morgan fingerprint density at radius 2 is 1.90 bits per heavy atom. The van der Waals surface area contributed by atoms with E-state index in [1.54, 1.807) is 25.1 Å². The number of fused-ring (bicyclic) bond motifs is 1. The van der Waals surface area contributed by atoms with Crippen LogP contribution < -0.4 is 4.74 Å². The summed E-state index contributed by atoms with van der Waals surface area (Å²) in [5.41, 5.74) is 2.25. The topological polar surface area (TPSA) is 63.6 Å². The Morgan fingerprint density at radius 3 is 2.57 bits per heavy atom. The first-order valence-electron chi connectivity index (χ1n) is 6.71. The van der Waals surface area contributed by atoms with Gasteiger partial charge < -0.3 is 9.84 Å². The zero-order valence-corrected chi connectivity index (χ0v) is 11.4. The van der Waals surface area contributed by atoms with E-state index in [1.165, 1.54) is 0 Å². The van der Waals surface area contributed by atoms with Crippen LogP contribution in [-0.2, 0) is 9.59 Å². The monoisotopic (exact) mass is 282 g/mol. The Bertz CT molecular complexity index is 706. The third-order valence-electron chi connectivity index (χ3n) is 3.79. The number of aliphatic carboxylic acids is 1. The number of benzene rings is 2. The fourth-order valence-corrected chi connectivity index (χ4v) is 2.55. The van der Waals surface area contributed by atoms with Crippen LogP contribution in [0.4, 0.5) is 0 Å². The fourth-order valence-electron chi connectivity index (χ4n) is 2.55. The van der Waals surface area contributed by atoms with Gasteiger partial charge in [0.15, 0.2) is 0 Å². The lowest BCUT2D eigenvalue weighted by Gasteiger charge is -2.11. The molecular formula is C17H14O4. The molecule has 0 fully saturated rings. The van der Waals surface area contributed by atoms with Gasteiger partial charge in [0, 0.05) is 5.56 Å². The lowest BCUT2D eigenvalue weighted by molar-refractivity contribution is -0.138. The number of carboxylic acid groups (broad SMARTS) is 1. The van der Waals surface area contributed by atoms with Crippen LogP contribution >= 0.6 is 0 Å². The Morgan fingerprint density at radius 1 is 1.19 bits per heavy atom. The lowest BCUT2D eigenvalue weighted by Crippen LogP contribution is -2.11. The second-order valence-corrected chi connectivity index (χ2v) is 5.12. The molecule has 2 aromatic carbocycles. The van der Waals surface area contributed by atoms with Gasteiger partial charge in [0.25, 0.3) is 0 Å². The van der Waals surface area contributed by atoms with Crippen LogP contribution in [0.25, 0.3) is 0 Å². The van der Waals surface area contributed by atoms with E-state index in [4.69, 9.17) is 9.84 Å². The molecule has 1 aliphatic heterocycles. The molecule has 0 saturated carbocycles. The normalized spacial score (nSPS) is 18.0. The molecule has 4 heteroatoms. The largest absolute Gasteiger partial charge is 0.481 e. The van der Waals surface area contributed by atoms with Crippen molar-refractivity contribution >= 4 is 11.9 Å². The zero-order valence-electron chi connectivity index (χ0n) is 11.4. The molecule has 1 heterocycles. The molecule has 0 spiro atoms. The highest BCUT2D eigenvalue weighted by molar-refractivity contribution is 5.89. The summed E-state index contributed by atoms with van der Waals surface area (Å²) in [5.74, 6) is -1.81. The molecule has 0 radical (unpaired) electrons. The van der Waals surface area contributed by atoms with Gasteiger partial charge in [-0.2, -0.15) is 0 Å². The number of carbonyl (C=O) groups is 2. The molecule has 21 heavy (non-hydrogen) atoms. The van der Waals surface area contributed by atoms with Crippen molar-refractivity contribution in [3.05, 3.63) is 65.2 Å². The smallest absolute Gasteiger partial charge is 0.323 e. The summed E-state index contributed by atoms with van der Waals surface area (Å²) in [5, 5.41) is 9.12. The molecule has 3 rings (SSSR count). The van der Waals surface area contributed by atoms with Crippen molar-refractivity contribution < 1.29 is 19.4 Å². The predicted octanol–water partition coefficient (Wildman–Crippen LogP) is 2.93. The molecule has 2 aromatic rings. The molecule has 2 atom stereocenters. The van der Waals surface area contributed by atoms with Crippen molar-refractivity contribution in [1.82, 2.24) is 0 Å². The maximum absolute atomic E-state index is 12.1. The van der Waals surface area contributed by atoms with Crippen LogP contribution in [0.3, 0.4) is 0 Å². The van der Waals surface area contributed by atoms with Crippen LogP contribution in [0.2, 0.25) is 0 Å². The molecular weight excluding hydrogens is 268 g/mol. The van der Waals surface area contributed by atoms with E-state index in [2.05, 4.69) is 0 Å². The van der Waals surface area contributed by atoms with Gasteiger partial charge in [-0.15, -0.1) is 0 Å². The summed E-state index contributed by atoms with van der Waals surface area (Å²) >= 11 is 0. The first-order chi connectivity index (χ1) is 10.1. The standard InChI is InChI=1S/C17H14O4/c1-10(16(18)19)12-7-8-14-13(9-12)15(17(20)21-14)11-5-3-2-4-6-11/h2-10,15H,1H3,(H,18,19)/t10-,15-/m1/s1. The van der Waals surface area contributed by atoms with Gasteiger partial charge in [-0.25, -0.2) is 0 Å². The van der Waals surface area contributed by atoms with E-state index in [0.29, 0.717) is 11.3 Å². The van der Waals surface area contributed by atoms with Crippen LogP contribution in [-0.4, -0.2) is 17.0 Å². The third-order valence-corrected chi connectivity index (χ3v) is 3.79.